The van der Waals surface area contributed by atoms with Crippen LogP contribution in [0.4, 0.5) is 5.82 Å². The van der Waals surface area contributed by atoms with Crippen molar-refractivity contribution >= 4 is 17.0 Å². The Bertz CT molecular complexity index is 497. The van der Waals surface area contributed by atoms with Crippen LogP contribution < -0.4 is 11.0 Å². The van der Waals surface area contributed by atoms with Crippen LogP contribution in [0.5, 0.6) is 0 Å². The molecular formula is C7H9N5O. The van der Waals surface area contributed by atoms with E-state index in [0.29, 0.717) is 17.0 Å². The molecule has 0 amide bonds. The van der Waals surface area contributed by atoms with Gasteiger partial charge < -0.3 is 10.3 Å². The number of hydrogen-bond acceptors (Lipinski definition) is 4. The molecule has 0 fully saturated rings. The number of imidazole rings is 1. The number of aromatic amines is 1. The molecule has 6 nitrogen and oxygen atoms in total. The summed E-state index contributed by atoms with van der Waals surface area (Å²) in [5.41, 5.74) is 1.05. The molecule has 0 bridgehead atoms. The summed E-state index contributed by atoms with van der Waals surface area (Å²) < 4.78 is 1.44. The van der Waals surface area contributed by atoms with Crippen molar-refractivity contribution in [2.75, 3.05) is 12.4 Å². The Kier molecular flexibility index (Phi) is 1.54. The highest BCUT2D eigenvalue weighted by Gasteiger charge is 2.07. The van der Waals surface area contributed by atoms with Crippen LogP contribution in [0.3, 0.4) is 0 Å². The smallest absolute Gasteiger partial charge is 0.327 e. The summed E-state index contributed by atoms with van der Waals surface area (Å²) in [7, 11) is 3.40. The largest absolute Gasteiger partial charge is 0.371 e. The van der Waals surface area contributed by atoms with E-state index in [-0.39, 0.29) is 5.69 Å². The summed E-state index contributed by atoms with van der Waals surface area (Å²) in [6.45, 7) is 0. The second kappa shape index (κ2) is 2.58. The topological polar surface area (TPSA) is 75.6 Å². The van der Waals surface area contributed by atoms with Crippen molar-refractivity contribution in [1.29, 1.82) is 0 Å². The number of aromatic nitrogens is 4. The Morgan fingerprint density at radius 1 is 1.54 bits per heavy atom. The Hall–Kier alpha value is -1.85. The molecule has 0 aromatic carbocycles. The molecule has 2 aromatic rings. The van der Waals surface area contributed by atoms with Gasteiger partial charge in [0.1, 0.15) is 11.8 Å². The van der Waals surface area contributed by atoms with Gasteiger partial charge in [0.2, 0.25) is 0 Å². The van der Waals surface area contributed by atoms with Crippen molar-refractivity contribution in [3.63, 3.8) is 0 Å². The third kappa shape index (κ3) is 0.986. The number of aryl methyl sites for hydroxylation is 1. The minimum atomic E-state index is -0.188. The van der Waals surface area contributed by atoms with Gasteiger partial charge in [-0.1, -0.05) is 0 Å². The molecule has 0 spiro atoms. The Labute approximate surface area is 73.6 Å². The first kappa shape index (κ1) is 7.78. The molecule has 0 aliphatic carbocycles. The summed E-state index contributed by atoms with van der Waals surface area (Å²) >= 11 is 0. The van der Waals surface area contributed by atoms with Crippen molar-refractivity contribution in [1.82, 2.24) is 19.5 Å². The Morgan fingerprint density at radius 2 is 2.31 bits per heavy atom. The minimum Gasteiger partial charge on any atom is -0.371 e. The van der Waals surface area contributed by atoms with E-state index in [1.807, 2.05) is 0 Å². The highest BCUT2D eigenvalue weighted by molar-refractivity contribution is 5.82. The van der Waals surface area contributed by atoms with Crippen molar-refractivity contribution in [2.24, 2.45) is 7.05 Å². The van der Waals surface area contributed by atoms with E-state index < -0.39 is 0 Å². The van der Waals surface area contributed by atoms with Gasteiger partial charge in [-0.25, -0.2) is 14.8 Å². The number of rotatable bonds is 1. The van der Waals surface area contributed by atoms with Crippen LogP contribution in [0.2, 0.25) is 0 Å². The van der Waals surface area contributed by atoms with Crippen LogP contribution in [0.15, 0.2) is 11.1 Å². The van der Waals surface area contributed by atoms with Crippen molar-refractivity contribution in [3.05, 3.63) is 16.8 Å². The summed E-state index contributed by atoms with van der Waals surface area (Å²) in [6, 6.07) is 0. The van der Waals surface area contributed by atoms with Gasteiger partial charge in [-0.15, -0.1) is 0 Å². The molecule has 0 saturated carbocycles. The first-order chi connectivity index (χ1) is 6.24. The van der Waals surface area contributed by atoms with E-state index >= 15 is 0 Å². The molecule has 0 aliphatic rings. The van der Waals surface area contributed by atoms with Crippen LogP contribution in [0.25, 0.3) is 11.2 Å². The van der Waals surface area contributed by atoms with Crippen molar-refractivity contribution in [3.8, 4) is 0 Å². The maximum absolute atomic E-state index is 11.2. The number of nitrogens with zero attached hydrogens (tertiary/aromatic N) is 3. The van der Waals surface area contributed by atoms with Gasteiger partial charge >= 0.3 is 5.69 Å². The van der Waals surface area contributed by atoms with E-state index in [2.05, 4.69) is 20.3 Å². The summed E-state index contributed by atoms with van der Waals surface area (Å²) in [5.74, 6) is 0.628. The van der Waals surface area contributed by atoms with Crippen LogP contribution in [0, 0.1) is 0 Å². The first-order valence-electron chi connectivity index (χ1n) is 3.81. The molecule has 13 heavy (non-hydrogen) atoms. The molecule has 68 valence electrons. The molecule has 2 rings (SSSR count). The summed E-state index contributed by atoms with van der Waals surface area (Å²) in [4.78, 5) is 21.8. The van der Waals surface area contributed by atoms with Gasteiger partial charge in [-0.2, -0.15) is 0 Å². The third-order valence-corrected chi connectivity index (χ3v) is 1.92. The Morgan fingerprint density at radius 3 is 3.00 bits per heavy atom. The predicted octanol–water partition coefficient (Wildman–Crippen LogP) is -0.302. The maximum atomic E-state index is 11.2. The number of anilines is 1. The SMILES string of the molecule is CNc1ncnc2c1[nH]c(=O)n2C. The quantitative estimate of drug-likeness (QED) is 0.630. The zero-order chi connectivity index (χ0) is 9.42. The van der Waals surface area contributed by atoms with Gasteiger partial charge in [0, 0.05) is 14.1 Å². The molecule has 0 atom stereocenters. The van der Waals surface area contributed by atoms with Crippen molar-refractivity contribution in [2.45, 2.75) is 0 Å². The number of nitrogens with one attached hydrogen (secondary N) is 2. The molecule has 6 heteroatoms. The molecule has 2 heterocycles. The lowest BCUT2D eigenvalue weighted by atomic mass is 10.5. The summed E-state index contributed by atoms with van der Waals surface area (Å²) in [6.07, 6.45) is 1.42. The van der Waals surface area contributed by atoms with E-state index in [0.717, 1.165) is 0 Å². The molecule has 2 N–H and O–H groups in total. The lowest BCUT2D eigenvalue weighted by molar-refractivity contribution is 0.877. The van der Waals surface area contributed by atoms with Crippen molar-refractivity contribution < 1.29 is 0 Å². The van der Waals surface area contributed by atoms with Gasteiger partial charge in [0.25, 0.3) is 0 Å². The normalized spacial score (nSPS) is 10.6. The van der Waals surface area contributed by atoms with Crippen LogP contribution in [0.1, 0.15) is 0 Å². The fourth-order valence-electron chi connectivity index (χ4n) is 1.22. The lowest BCUT2D eigenvalue weighted by Gasteiger charge is -1.98. The van der Waals surface area contributed by atoms with Gasteiger partial charge in [0.15, 0.2) is 11.5 Å². The Balaban J connectivity index is 2.92. The molecular weight excluding hydrogens is 170 g/mol. The monoisotopic (exact) mass is 179 g/mol. The molecule has 2 aromatic heterocycles. The highest BCUT2D eigenvalue weighted by atomic mass is 16.1. The lowest BCUT2D eigenvalue weighted by Crippen LogP contribution is -2.12. The zero-order valence-corrected chi connectivity index (χ0v) is 7.33. The first-order valence-corrected chi connectivity index (χ1v) is 3.81. The number of fused-ring (bicyclic) bond motifs is 1. The fourth-order valence-corrected chi connectivity index (χ4v) is 1.22. The molecule has 0 saturated heterocycles. The average molecular weight is 179 g/mol. The summed E-state index contributed by atoms with van der Waals surface area (Å²) in [5, 5.41) is 2.88. The van der Waals surface area contributed by atoms with E-state index in [9.17, 15) is 4.79 Å². The van der Waals surface area contributed by atoms with Crippen LogP contribution in [-0.2, 0) is 7.05 Å². The fraction of sp³-hybridized carbons (Fsp3) is 0.286. The van der Waals surface area contributed by atoms with E-state index in [1.54, 1.807) is 14.1 Å². The van der Waals surface area contributed by atoms with E-state index in [4.69, 9.17) is 0 Å². The molecule has 0 unspecified atom stereocenters. The third-order valence-electron chi connectivity index (χ3n) is 1.92. The minimum absolute atomic E-state index is 0.188. The van der Waals surface area contributed by atoms with Gasteiger partial charge in [-0.05, 0) is 0 Å². The number of H-pyrrole nitrogens is 1. The van der Waals surface area contributed by atoms with Gasteiger partial charge in [0.05, 0.1) is 0 Å². The second-order valence-corrected chi connectivity index (χ2v) is 2.66. The van der Waals surface area contributed by atoms with E-state index in [1.165, 1.54) is 10.9 Å². The predicted molar refractivity (Wildman–Crippen MR) is 48.7 cm³/mol. The van der Waals surface area contributed by atoms with Crippen LogP contribution >= 0.6 is 0 Å². The molecule has 0 radical (unpaired) electrons. The second-order valence-electron chi connectivity index (χ2n) is 2.66. The standard InChI is InChI=1S/C7H9N5O/c1-8-5-4-6(10-3-9-5)12(2)7(13)11-4/h3H,1-2H3,(H,11,13)(H,8,9,10). The number of hydrogen-bond donors (Lipinski definition) is 2. The zero-order valence-electron chi connectivity index (χ0n) is 7.33. The van der Waals surface area contributed by atoms with Crippen LogP contribution in [-0.4, -0.2) is 26.6 Å². The highest BCUT2D eigenvalue weighted by Crippen LogP contribution is 2.12. The molecule has 0 aliphatic heterocycles. The van der Waals surface area contributed by atoms with Gasteiger partial charge in [-0.3, -0.25) is 4.57 Å². The average Bonchev–Trinajstić information content (AvgIpc) is 2.43. The maximum Gasteiger partial charge on any atom is 0.327 e.